The van der Waals surface area contributed by atoms with Gasteiger partial charge in [0.25, 0.3) is 0 Å². The normalized spacial score (nSPS) is 10.0. The maximum Gasteiger partial charge on any atom is 0.125 e. The fourth-order valence-electron chi connectivity index (χ4n) is 1.19. The van der Waals surface area contributed by atoms with Gasteiger partial charge in [0.15, 0.2) is 0 Å². The Morgan fingerprint density at radius 3 is 2.58 bits per heavy atom. The van der Waals surface area contributed by atoms with Crippen LogP contribution in [0.5, 0.6) is 5.75 Å². The first-order valence-electron chi connectivity index (χ1n) is 3.58. The molecule has 0 aliphatic rings. The number of hydrogen-bond acceptors (Lipinski definition) is 1. The highest BCUT2D eigenvalue weighted by atomic mass is 79.9. The summed E-state index contributed by atoms with van der Waals surface area (Å²) in [6.07, 6.45) is 0. The SMILES string of the molecule is COc1c(C)cc(Br)cc1CBr. The van der Waals surface area contributed by atoms with Gasteiger partial charge in [-0.2, -0.15) is 0 Å². The molecule has 12 heavy (non-hydrogen) atoms. The van der Waals surface area contributed by atoms with E-state index in [0.29, 0.717) is 0 Å². The summed E-state index contributed by atoms with van der Waals surface area (Å²) in [5, 5.41) is 0.816. The molecule has 0 amide bonds. The summed E-state index contributed by atoms with van der Waals surface area (Å²) < 4.78 is 6.36. The van der Waals surface area contributed by atoms with Gasteiger partial charge in [0.2, 0.25) is 0 Å². The van der Waals surface area contributed by atoms with Crippen molar-refractivity contribution >= 4 is 31.9 Å². The molecule has 1 rings (SSSR count). The predicted octanol–water partition coefficient (Wildman–Crippen LogP) is 3.66. The van der Waals surface area contributed by atoms with Crippen molar-refractivity contribution in [1.82, 2.24) is 0 Å². The molecule has 1 aromatic carbocycles. The Hall–Kier alpha value is -0.0200. The van der Waals surface area contributed by atoms with Crippen molar-refractivity contribution in [2.45, 2.75) is 12.3 Å². The summed E-state index contributed by atoms with van der Waals surface area (Å²) in [4.78, 5) is 0. The molecule has 0 aliphatic carbocycles. The summed E-state index contributed by atoms with van der Waals surface area (Å²) in [6.45, 7) is 2.04. The second-order valence-corrected chi connectivity index (χ2v) is 4.03. The summed E-state index contributed by atoms with van der Waals surface area (Å²) >= 11 is 6.86. The molecule has 0 heterocycles. The lowest BCUT2D eigenvalue weighted by atomic mass is 10.1. The lowest BCUT2D eigenvalue weighted by Crippen LogP contribution is -1.92. The molecule has 0 saturated heterocycles. The number of halogens is 2. The Labute approximate surface area is 89.4 Å². The minimum absolute atomic E-state index is 0.816. The molecule has 0 radical (unpaired) electrons. The van der Waals surface area contributed by atoms with Gasteiger partial charge >= 0.3 is 0 Å². The van der Waals surface area contributed by atoms with Crippen LogP contribution < -0.4 is 4.74 Å². The maximum atomic E-state index is 5.27. The van der Waals surface area contributed by atoms with Crippen molar-refractivity contribution < 1.29 is 4.74 Å². The first-order chi connectivity index (χ1) is 5.69. The molecule has 0 atom stereocenters. The Kier molecular flexibility index (Phi) is 3.59. The molecule has 0 spiro atoms. The van der Waals surface area contributed by atoms with Gasteiger partial charge < -0.3 is 4.74 Å². The highest BCUT2D eigenvalue weighted by Crippen LogP contribution is 2.29. The van der Waals surface area contributed by atoms with Crippen LogP contribution in [-0.4, -0.2) is 7.11 Å². The molecular weight excluding hydrogens is 284 g/mol. The number of methoxy groups -OCH3 is 1. The zero-order valence-electron chi connectivity index (χ0n) is 7.03. The van der Waals surface area contributed by atoms with Crippen molar-refractivity contribution in [1.29, 1.82) is 0 Å². The highest BCUT2D eigenvalue weighted by Gasteiger charge is 2.05. The first-order valence-corrected chi connectivity index (χ1v) is 5.49. The smallest absolute Gasteiger partial charge is 0.125 e. The van der Waals surface area contributed by atoms with Gasteiger partial charge in [0, 0.05) is 15.4 Å². The van der Waals surface area contributed by atoms with E-state index in [9.17, 15) is 0 Å². The molecule has 0 aliphatic heterocycles. The van der Waals surface area contributed by atoms with Crippen molar-refractivity contribution in [2.24, 2.45) is 0 Å². The van der Waals surface area contributed by atoms with E-state index in [4.69, 9.17) is 4.74 Å². The van der Waals surface area contributed by atoms with Gasteiger partial charge in [0.1, 0.15) is 5.75 Å². The molecule has 0 fully saturated rings. The van der Waals surface area contributed by atoms with Gasteiger partial charge in [-0.25, -0.2) is 0 Å². The number of alkyl halides is 1. The Morgan fingerprint density at radius 2 is 2.08 bits per heavy atom. The lowest BCUT2D eigenvalue weighted by molar-refractivity contribution is 0.408. The van der Waals surface area contributed by atoms with Crippen LogP contribution in [0.1, 0.15) is 11.1 Å². The van der Waals surface area contributed by atoms with Gasteiger partial charge in [0.05, 0.1) is 7.11 Å². The van der Waals surface area contributed by atoms with Crippen LogP contribution in [0, 0.1) is 6.92 Å². The quantitative estimate of drug-likeness (QED) is 0.756. The minimum atomic E-state index is 0.816. The van der Waals surface area contributed by atoms with Crippen molar-refractivity contribution in [3.8, 4) is 5.75 Å². The second kappa shape index (κ2) is 4.28. The van der Waals surface area contributed by atoms with Crippen LogP contribution >= 0.6 is 31.9 Å². The topological polar surface area (TPSA) is 9.23 Å². The van der Waals surface area contributed by atoms with Crippen LogP contribution in [0.2, 0.25) is 0 Å². The minimum Gasteiger partial charge on any atom is -0.496 e. The van der Waals surface area contributed by atoms with Crippen LogP contribution in [0.4, 0.5) is 0 Å². The zero-order chi connectivity index (χ0) is 9.14. The monoisotopic (exact) mass is 292 g/mol. The van der Waals surface area contributed by atoms with E-state index in [2.05, 4.69) is 37.9 Å². The number of hydrogen-bond donors (Lipinski definition) is 0. The molecule has 0 N–H and O–H groups in total. The van der Waals surface area contributed by atoms with E-state index in [1.165, 1.54) is 5.56 Å². The van der Waals surface area contributed by atoms with Crippen LogP contribution in [0.25, 0.3) is 0 Å². The molecule has 1 nitrogen and oxygen atoms in total. The van der Waals surface area contributed by atoms with Crippen molar-refractivity contribution in [2.75, 3.05) is 7.11 Å². The average Bonchev–Trinajstić information content (AvgIpc) is 2.03. The standard InChI is InChI=1S/C9H10Br2O/c1-6-3-8(11)4-7(5-10)9(6)12-2/h3-4H,5H2,1-2H3. The highest BCUT2D eigenvalue weighted by molar-refractivity contribution is 9.10. The zero-order valence-corrected chi connectivity index (χ0v) is 10.2. The molecule has 66 valence electrons. The Bertz CT molecular complexity index is 284. The van der Waals surface area contributed by atoms with E-state index in [0.717, 1.165) is 21.1 Å². The Morgan fingerprint density at radius 1 is 1.42 bits per heavy atom. The molecule has 1 aromatic rings. The fraction of sp³-hybridized carbons (Fsp3) is 0.333. The number of ether oxygens (including phenoxy) is 1. The molecular formula is C9H10Br2O. The van der Waals surface area contributed by atoms with E-state index in [-0.39, 0.29) is 0 Å². The van der Waals surface area contributed by atoms with Crippen LogP contribution in [-0.2, 0) is 5.33 Å². The van der Waals surface area contributed by atoms with Gasteiger partial charge in [-0.15, -0.1) is 0 Å². The van der Waals surface area contributed by atoms with Crippen molar-refractivity contribution in [3.05, 3.63) is 27.7 Å². The number of rotatable bonds is 2. The molecule has 0 aromatic heterocycles. The maximum absolute atomic E-state index is 5.27. The fourth-order valence-corrected chi connectivity index (χ4v) is 2.23. The average molecular weight is 294 g/mol. The largest absolute Gasteiger partial charge is 0.496 e. The summed E-state index contributed by atoms with van der Waals surface area (Å²) in [6, 6.07) is 4.10. The van der Waals surface area contributed by atoms with Crippen LogP contribution in [0.15, 0.2) is 16.6 Å². The van der Waals surface area contributed by atoms with Crippen LogP contribution in [0.3, 0.4) is 0 Å². The lowest BCUT2D eigenvalue weighted by Gasteiger charge is -2.09. The number of aryl methyl sites for hydroxylation is 1. The molecule has 0 unspecified atom stereocenters. The summed E-state index contributed by atoms with van der Waals surface area (Å²) in [5.74, 6) is 0.968. The van der Waals surface area contributed by atoms with E-state index >= 15 is 0 Å². The van der Waals surface area contributed by atoms with E-state index in [1.807, 2.05) is 13.0 Å². The summed E-state index contributed by atoms with van der Waals surface area (Å²) in [5.41, 5.74) is 2.32. The Balaban J connectivity index is 3.24. The molecule has 3 heteroatoms. The van der Waals surface area contributed by atoms with Gasteiger partial charge in [-0.1, -0.05) is 31.9 Å². The predicted molar refractivity (Wildman–Crippen MR) is 58.1 cm³/mol. The van der Waals surface area contributed by atoms with Gasteiger partial charge in [-0.3, -0.25) is 0 Å². The first kappa shape index (κ1) is 10.1. The third-order valence-electron chi connectivity index (χ3n) is 1.66. The van der Waals surface area contributed by atoms with Crippen molar-refractivity contribution in [3.63, 3.8) is 0 Å². The third kappa shape index (κ3) is 2.02. The summed E-state index contributed by atoms with van der Waals surface area (Å²) in [7, 11) is 1.70. The molecule has 0 bridgehead atoms. The van der Waals surface area contributed by atoms with Gasteiger partial charge in [-0.05, 0) is 24.6 Å². The van der Waals surface area contributed by atoms with E-state index < -0.39 is 0 Å². The second-order valence-electron chi connectivity index (χ2n) is 2.55. The molecule has 0 saturated carbocycles. The third-order valence-corrected chi connectivity index (χ3v) is 2.73. The van der Waals surface area contributed by atoms with E-state index in [1.54, 1.807) is 7.11 Å². The number of benzene rings is 1.